The van der Waals surface area contributed by atoms with E-state index < -0.39 is 5.97 Å². The van der Waals surface area contributed by atoms with Gasteiger partial charge in [-0.25, -0.2) is 4.79 Å². The number of para-hydroxylation sites is 1. The summed E-state index contributed by atoms with van der Waals surface area (Å²) in [4.78, 5) is 16.0. The number of hydrogen-bond donors (Lipinski definition) is 0. The van der Waals surface area contributed by atoms with Gasteiger partial charge in [0.15, 0.2) is 10.4 Å². The van der Waals surface area contributed by atoms with Crippen LogP contribution >= 0.6 is 22.6 Å². The lowest BCUT2D eigenvalue weighted by atomic mass is 10.2. The summed E-state index contributed by atoms with van der Waals surface area (Å²) in [5.74, 6) is 1.27. The zero-order chi connectivity index (χ0) is 18.4. The van der Waals surface area contributed by atoms with E-state index in [-0.39, 0.29) is 12.5 Å². The molecule has 0 N–H and O–H groups in total. The number of esters is 1. The Morgan fingerprint density at radius 2 is 2.12 bits per heavy atom. The third kappa shape index (κ3) is 4.72. The molecule has 7 nitrogen and oxygen atoms in total. The molecule has 0 saturated heterocycles. The second-order valence-electron chi connectivity index (χ2n) is 5.02. The molecule has 0 unspecified atom stereocenters. The lowest BCUT2D eigenvalue weighted by Crippen LogP contribution is -2.01. The van der Waals surface area contributed by atoms with Crippen LogP contribution in [-0.2, 0) is 16.1 Å². The quantitative estimate of drug-likeness (QED) is 0.295. The van der Waals surface area contributed by atoms with Gasteiger partial charge in [0.05, 0.1) is 12.2 Å². The maximum absolute atomic E-state index is 11.8. The topological polar surface area (TPSA) is 87.6 Å². The summed E-state index contributed by atoms with van der Waals surface area (Å²) in [6, 6.07) is 10.9. The van der Waals surface area contributed by atoms with Crippen molar-refractivity contribution in [3.05, 3.63) is 57.9 Å². The minimum Gasteiger partial charge on any atom is -0.493 e. The zero-order valence-electron chi connectivity index (χ0n) is 13.8. The molecule has 0 aliphatic heterocycles. The molecule has 3 rings (SSSR count). The van der Waals surface area contributed by atoms with Crippen LogP contribution in [0.4, 0.5) is 0 Å². The highest BCUT2D eigenvalue weighted by Crippen LogP contribution is 2.27. The fourth-order valence-corrected chi connectivity index (χ4v) is 2.54. The molecular weight excluding hydrogens is 451 g/mol. The molecule has 0 spiro atoms. The van der Waals surface area contributed by atoms with E-state index in [1.807, 2.05) is 53.8 Å². The highest BCUT2D eigenvalue weighted by molar-refractivity contribution is 14.1. The highest BCUT2D eigenvalue weighted by Gasteiger charge is 2.14. The van der Waals surface area contributed by atoms with Crippen molar-refractivity contribution >= 4 is 34.6 Å². The number of ether oxygens (including phenoxy) is 2. The third-order valence-corrected chi connectivity index (χ3v) is 3.79. The number of furan rings is 1. The van der Waals surface area contributed by atoms with Gasteiger partial charge in [-0.1, -0.05) is 17.3 Å². The predicted octanol–water partition coefficient (Wildman–Crippen LogP) is 4.09. The largest absolute Gasteiger partial charge is 0.493 e. The van der Waals surface area contributed by atoms with Gasteiger partial charge in [0.2, 0.25) is 5.82 Å². The molecule has 0 saturated carbocycles. The summed E-state index contributed by atoms with van der Waals surface area (Å²) >= 11 is 2.04. The third-order valence-electron chi connectivity index (χ3n) is 3.21. The highest BCUT2D eigenvalue weighted by atomic mass is 127. The van der Waals surface area contributed by atoms with E-state index in [0.29, 0.717) is 29.5 Å². The summed E-state index contributed by atoms with van der Waals surface area (Å²) < 4.78 is 21.8. The second-order valence-corrected chi connectivity index (χ2v) is 6.09. The molecule has 0 radical (unpaired) electrons. The van der Waals surface area contributed by atoms with Gasteiger partial charge in [-0.2, -0.15) is 4.98 Å². The van der Waals surface area contributed by atoms with Crippen LogP contribution in [0.25, 0.3) is 17.5 Å². The molecular formula is C18H15IN2O5. The van der Waals surface area contributed by atoms with Crippen LogP contribution in [0.3, 0.4) is 0 Å². The number of benzene rings is 1. The first kappa shape index (κ1) is 18.2. The number of aromatic nitrogens is 2. The summed E-state index contributed by atoms with van der Waals surface area (Å²) in [5.41, 5.74) is 0.711. The van der Waals surface area contributed by atoms with Crippen LogP contribution in [0.15, 0.2) is 51.4 Å². The van der Waals surface area contributed by atoms with Gasteiger partial charge < -0.3 is 18.4 Å². The van der Waals surface area contributed by atoms with Crippen molar-refractivity contribution in [1.82, 2.24) is 10.1 Å². The average molecular weight is 466 g/mol. The number of nitrogens with zero attached hydrogens (tertiary/aromatic N) is 2. The molecule has 0 aliphatic carbocycles. The molecule has 0 fully saturated rings. The number of halogens is 1. The fourth-order valence-electron chi connectivity index (χ4n) is 2.10. The summed E-state index contributed by atoms with van der Waals surface area (Å²) in [5, 5.41) is 3.91. The Labute approximate surface area is 163 Å². The number of carbonyl (C=O) groups is 1. The average Bonchev–Trinajstić information content (AvgIpc) is 3.28. The Kier molecular flexibility index (Phi) is 6.05. The lowest BCUT2D eigenvalue weighted by molar-refractivity contribution is -0.139. The SMILES string of the molecule is CCOc1ccccc1-c1noc(COC(=O)/C=C/c2ccc(I)o2)n1. The van der Waals surface area contributed by atoms with Crippen molar-refractivity contribution in [1.29, 1.82) is 0 Å². The lowest BCUT2D eigenvalue weighted by Gasteiger charge is -2.05. The van der Waals surface area contributed by atoms with Crippen LogP contribution in [-0.4, -0.2) is 22.7 Å². The van der Waals surface area contributed by atoms with Crippen molar-refractivity contribution in [3.8, 4) is 17.1 Å². The van der Waals surface area contributed by atoms with E-state index in [4.69, 9.17) is 18.4 Å². The normalized spacial score (nSPS) is 11.0. The maximum Gasteiger partial charge on any atom is 0.331 e. The van der Waals surface area contributed by atoms with E-state index in [1.165, 1.54) is 12.2 Å². The minimum absolute atomic E-state index is 0.122. The first-order valence-corrected chi connectivity index (χ1v) is 8.88. The zero-order valence-corrected chi connectivity index (χ0v) is 16.0. The van der Waals surface area contributed by atoms with E-state index in [2.05, 4.69) is 10.1 Å². The Morgan fingerprint density at radius 1 is 1.27 bits per heavy atom. The van der Waals surface area contributed by atoms with Crippen molar-refractivity contribution < 1.29 is 23.2 Å². The van der Waals surface area contributed by atoms with Crippen molar-refractivity contribution in [2.24, 2.45) is 0 Å². The fraction of sp³-hybridized carbons (Fsp3) is 0.167. The summed E-state index contributed by atoms with van der Waals surface area (Å²) in [6.45, 7) is 2.30. The molecule has 3 aromatic rings. The van der Waals surface area contributed by atoms with Crippen molar-refractivity contribution in [3.63, 3.8) is 0 Å². The summed E-state index contributed by atoms with van der Waals surface area (Å²) in [6.07, 6.45) is 2.80. The van der Waals surface area contributed by atoms with Crippen LogP contribution in [0.5, 0.6) is 5.75 Å². The molecule has 0 bridgehead atoms. The number of hydrogen-bond acceptors (Lipinski definition) is 7. The van der Waals surface area contributed by atoms with Gasteiger partial charge in [-0.3, -0.25) is 0 Å². The molecule has 2 aromatic heterocycles. The second kappa shape index (κ2) is 8.65. The standard InChI is InChI=1S/C18H15IN2O5/c1-2-23-14-6-4-3-5-13(14)18-20-16(26-21-18)11-24-17(22)10-8-12-7-9-15(19)25-12/h3-10H,2,11H2,1H3/b10-8+. The van der Waals surface area contributed by atoms with Gasteiger partial charge in [-0.15, -0.1) is 0 Å². The van der Waals surface area contributed by atoms with Crippen molar-refractivity contribution in [2.45, 2.75) is 13.5 Å². The molecule has 0 amide bonds. The molecule has 2 heterocycles. The van der Waals surface area contributed by atoms with Crippen molar-refractivity contribution in [2.75, 3.05) is 6.61 Å². The Morgan fingerprint density at radius 3 is 2.88 bits per heavy atom. The monoisotopic (exact) mass is 466 g/mol. The van der Waals surface area contributed by atoms with Gasteiger partial charge >= 0.3 is 5.97 Å². The Balaban J connectivity index is 1.60. The Hall–Kier alpha value is -2.62. The van der Waals surface area contributed by atoms with Gasteiger partial charge in [0.25, 0.3) is 5.89 Å². The summed E-state index contributed by atoms with van der Waals surface area (Å²) in [7, 11) is 0. The number of carbonyl (C=O) groups excluding carboxylic acids is 1. The van der Waals surface area contributed by atoms with Crippen LogP contribution in [0.1, 0.15) is 18.6 Å². The minimum atomic E-state index is -0.536. The Bertz CT molecular complexity index is 916. The number of rotatable bonds is 7. The molecule has 0 aliphatic rings. The molecule has 1 aromatic carbocycles. The van der Waals surface area contributed by atoms with Gasteiger partial charge in [0.1, 0.15) is 11.5 Å². The first-order valence-electron chi connectivity index (χ1n) is 7.80. The van der Waals surface area contributed by atoms with Crippen LogP contribution in [0, 0.1) is 3.77 Å². The molecule has 134 valence electrons. The van der Waals surface area contributed by atoms with Crippen LogP contribution < -0.4 is 4.74 Å². The van der Waals surface area contributed by atoms with E-state index >= 15 is 0 Å². The molecule has 0 atom stereocenters. The van der Waals surface area contributed by atoms with E-state index in [9.17, 15) is 4.79 Å². The van der Waals surface area contributed by atoms with Gasteiger partial charge in [-0.05, 0) is 59.9 Å². The molecule has 26 heavy (non-hydrogen) atoms. The predicted molar refractivity (Wildman–Crippen MR) is 101 cm³/mol. The van der Waals surface area contributed by atoms with E-state index in [0.717, 1.165) is 3.77 Å². The molecule has 8 heteroatoms. The van der Waals surface area contributed by atoms with Crippen LogP contribution in [0.2, 0.25) is 0 Å². The first-order chi connectivity index (χ1) is 12.7. The smallest absolute Gasteiger partial charge is 0.331 e. The van der Waals surface area contributed by atoms with E-state index in [1.54, 1.807) is 12.1 Å². The van der Waals surface area contributed by atoms with Gasteiger partial charge in [0, 0.05) is 6.08 Å². The maximum atomic E-state index is 11.8.